The van der Waals surface area contributed by atoms with Crippen LogP contribution in [-0.4, -0.2) is 14.8 Å². The largest absolute Gasteiger partial charge is 0.345 e. The Morgan fingerprint density at radius 1 is 1.46 bits per heavy atom. The van der Waals surface area contributed by atoms with Crippen molar-refractivity contribution in [2.75, 3.05) is 0 Å². The lowest BCUT2D eigenvalue weighted by atomic mass is 10.2. The Labute approximate surface area is 74.8 Å². The fourth-order valence-corrected chi connectivity index (χ4v) is 1.16. The van der Waals surface area contributed by atoms with Crippen molar-refractivity contribution in [3.8, 4) is 12.3 Å². The molecule has 70 valence electrons. The second-order valence-corrected chi connectivity index (χ2v) is 2.70. The Balaban J connectivity index is 3.13. The third-order valence-electron chi connectivity index (χ3n) is 1.78. The molecule has 1 heterocycles. The van der Waals surface area contributed by atoms with Crippen LogP contribution in [0.1, 0.15) is 25.8 Å². The molecule has 0 aliphatic carbocycles. The Hall–Kier alpha value is -1.70. The third-order valence-corrected chi connectivity index (χ3v) is 1.78. The van der Waals surface area contributed by atoms with Crippen molar-refractivity contribution in [2.24, 2.45) is 0 Å². The normalized spacial score (nSPS) is 12.3. The summed E-state index contributed by atoms with van der Waals surface area (Å²) in [6.45, 7) is 1.94. The van der Waals surface area contributed by atoms with Crippen molar-refractivity contribution < 1.29 is 0 Å². The van der Waals surface area contributed by atoms with Gasteiger partial charge in [0.05, 0.1) is 0 Å². The quantitative estimate of drug-likeness (QED) is 0.636. The summed E-state index contributed by atoms with van der Waals surface area (Å²) in [5, 5.41) is 4.37. The zero-order chi connectivity index (χ0) is 9.84. The Morgan fingerprint density at radius 2 is 2.00 bits per heavy atom. The number of aromatic nitrogens is 3. The van der Waals surface area contributed by atoms with E-state index in [4.69, 9.17) is 6.42 Å². The van der Waals surface area contributed by atoms with Crippen LogP contribution in [0.2, 0.25) is 0 Å². The number of nitrogens with zero attached hydrogens (tertiary/aromatic N) is 1. The minimum Gasteiger partial charge on any atom is -0.247 e. The van der Waals surface area contributed by atoms with Gasteiger partial charge in [-0.2, -0.15) is 0 Å². The first-order valence-corrected chi connectivity index (χ1v) is 4.06. The maximum absolute atomic E-state index is 11.1. The molecule has 0 aliphatic rings. The van der Waals surface area contributed by atoms with Crippen molar-refractivity contribution in [1.29, 1.82) is 0 Å². The molecule has 0 saturated heterocycles. The standard InChI is InChI=1S/C8H11N3O2/c1-3-5-6(4-2)11-7(12)9-10-8(11)13/h2,6H,3,5H2,1H3,(H,9,12)(H,10,13). The molecular formula is C8H11N3O2. The molecule has 1 unspecified atom stereocenters. The van der Waals surface area contributed by atoms with Crippen LogP contribution in [0.5, 0.6) is 0 Å². The molecule has 0 fully saturated rings. The van der Waals surface area contributed by atoms with Gasteiger partial charge in [0.2, 0.25) is 0 Å². The van der Waals surface area contributed by atoms with Crippen molar-refractivity contribution >= 4 is 0 Å². The molecule has 13 heavy (non-hydrogen) atoms. The van der Waals surface area contributed by atoms with E-state index in [1.165, 1.54) is 0 Å². The molecule has 0 spiro atoms. The highest BCUT2D eigenvalue weighted by molar-refractivity contribution is 4.98. The zero-order valence-corrected chi connectivity index (χ0v) is 7.33. The van der Waals surface area contributed by atoms with E-state index in [0.29, 0.717) is 6.42 Å². The van der Waals surface area contributed by atoms with Crippen LogP contribution in [0.3, 0.4) is 0 Å². The van der Waals surface area contributed by atoms with E-state index in [2.05, 4.69) is 16.1 Å². The van der Waals surface area contributed by atoms with Crippen LogP contribution in [0.4, 0.5) is 0 Å². The van der Waals surface area contributed by atoms with Crippen molar-refractivity contribution in [3.63, 3.8) is 0 Å². The first-order chi connectivity index (χ1) is 6.20. The van der Waals surface area contributed by atoms with Gasteiger partial charge in [0.1, 0.15) is 6.04 Å². The van der Waals surface area contributed by atoms with Crippen LogP contribution in [0.25, 0.3) is 0 Å². The molecule has 0 amide bonds. The number of H-pyrrole nitrogens is 2. The highest BCUT2D eigenvalue weighted by Gasteiger charge is 2.12. The van der Waals surface area contributed by atoms with Crippen LogP contribution in [0.15, 0.2) is 9.59 Å². The predicted octanol–water partition coefficient (Wildman–Crippen LogP) is -0.161. The van der Waals surface area contributed by atoms with E-state index < -0.39 is 17.4 Å². The summed E-state index contributed by atoms with van der Waals surface area (Å²) < 4.78 is 1.02. The average molecular weight is 181 g/mol. The second kappa shape index (κ2) is 3.81. The summed E-state index contributed by atoms with van der Waals surface area (Å²) in [4.78, 5) is 22.2. The van der Waals surface area contributed by atoms with Gasteiger partial charge in [0.15, 0.2) is 0 Å². The maximum atomic E-state index is 11.1. The molecule has 1 aromatic heterocycles. The maximum Gasteiger partial charge on any atom is 0.345 e. The third kappa shape index (κ3) is 1.72. The monoisotopic (exact) mass is 181 g/mol. The molecule has 2 N–H and O–H groups in total. The summed E-state index contributed by atoms with van der Waals surface area (Å²) in [6.07, 6.45) is 6.66. The number of hydrogen-bond donors (Lipinski definition) is 2. The molecular weight excluding hydrogens is 170 g/mol. The topological polar surface area (TPSA) is 70.7 Å². The molecule has 1 aromatic rings. The lowest BCUT2D eigenvalue weighted by Crippen LogP contribution is -2.30. The molecule has 1 rings (SSSR count). The number of hydrogen-bond acceptors (Lipinski definition) is 2. The minimum absolute atomic E-state index is 0.451. The van der Waals surface area contributed by atoms with E-state index in [1.807, 2.05) is 6.92 Å². The van der Waals surface area contributed by atoms with E-state index in [0.717, 1.165) is 11.0 Å². The van der Waals surface area contributed by atoms with Gasteiger partial charge in [-0.1, -0.05) is 19.3 Å². The summed E-state index contributed by atoms with van der Waals surface area (Å²) in [5.74, 6) is 2.41. The second-order valence-electron chi connectivity index (χ2n) is 2.70. The highest BCUT2D eigenvalue weighted by Crippen LogP contribution is 2.06. The number of rotatable bonds is 3. The summed E-state index contributed by atoms with van der Waals surface area (Å²) in [5.41, 5.74) is -0.970. The van der Waals surface area contributed by atoms with Crippen molar-refractivity contribution in [3.05, 3.63) is 21.0 Å². The van der Waals surface area contributed by atoms with Gasteiger partial charge in [0.25, 0.3) is 0 Å². The summed E-state index contributed by atoms with van der Waals surface area (Å²) >= 11 is 0. The van der Waals surface area contributed by atoms with E-state index in [1.54, 1.807) is 0 Å². The molecule has 5 nitrogen and oxygen atoms in total. The molecule has 5 heteroatoms. The predicted molar refractivity (Wildman–Crippen MR) is 48.5 cm³/mol. The average Bonchev–Trinajstić information content (AvgIpc) is 2.43. The lowest BCUT2D eigenvalue weighted by Gasteiger charge is -2.06. The summed E-state index contributed by atoms with van der Waals surface area (Å²) in [7, 11) is 0. The first kappa shape index (κ1) is 9.39. The van der Waals surface area contributed by atoms with Crippen LogP contribution in [-0.2, 0) is 0 Å². The van der Waals surface area contributed by atoms with Crippen LogP contribution < -0.4 is 11.4 Å². The van der Waals surface area contributed by atoms with Crippen LogP contribution in [0, 0.1) is 12.3 Å². The molecule has 0 aromatic carbocycles. The van der Waals surface area contributed by atoms with Gasteiger partial charge in [-0.25, -0.2) is 24.4 Å². The Bertz CT molecular complexity index is 390. The Kier molecular flexibility index (Phi) is 2.75. The highest BCUT2D eigenvalue weighted by atomic mass is 16.2. The van der Waals surface area contributed by atoms with E-state index in [9.17, 15) is 9.59 Å². The van der Waals surface area contributed by atoms with E-state index in [-0.39, 0.29) is 0 Å². The molecule has 0 saturated carbocycles. The van der Waals surface area contributed by atoms with Gasteiger partial charge in [0, 0.05) is 0 Å². The first-order valence-electron chi connectivity index (χ1n) is 4.06. The molecule has 0 aliphatic heterocycles. The molecule has 0 bridgehead atoms. The van der Waals surface area contributed by atoms with Gasteiger partial charge in [-0.3, -0.25) is 0 Å². The Morgan fingerprint density at radius 3 is 2.38 bits per heavy atom. The zero-order valence-electron chi connectivity index (χ0n) is 7.33. The fourth-order valence-electron chi connectivity index (χ4n) is 1.16. The van der Waals surface area contributed by atoms with Gasteiger partial charge < -0.3 is 0 Å². The van der Waals surface area contributed by atoms with Crippen molar-refractivity contribution in [2.45, 2.75) is 25.8 Å². The van der Waals surface area contributed by atoms with Gasteiger partial charge in [-0.15, -0.1) is 6.42 Å². The van der Waals surface area contributed by atoms with Gasteiger partial charge in [-0.05, 0) is 6.42 Å². The number of terminal acetylenes is 1. The lowest BCUT2D eigenvalue weighted by molar-refractivity contribution is 0.537. The minimum atomic E-state index is -0.485. The molecule has 0 radical (unpaired) electrons. The summed E-state index contributed by atoms with van der Waals surface area (Å²) in [6, 6.07) is -0.451. The molecule has 1 atom stereocenters. The van der Waals surface area contributed by atoms with Crippen LogP contribution >= 0.6 is 0 Å². The van der Waals surface area contributed by atoms with Crippen molar-refractivity contribution in [1.82, 2.24) is 14.8 Å². The fraction of sp³-hybridized carbons (Fsp3) is 0.500. The smallest absolute Gasteiger partial charge is 0.247 e. The van der Waals surface area contributed by atoms with E-state index >= 15 is 0 Å². The van der Waals surface area contributed by atoms with Gasteiger partial charge >= 0.3 is 11.4 Å². The SMILES string of the molecule is C#CC(CCC)n1c(=O)[nH][nH]c1=O. The number of nitrogens with one attached hydrogen (secondary N) is 2. The number of aromatic amines is 2.